The molecule has 4 aliphatic rings. The molecule has 1 unspecified atom stereocenters. The smallest absolute Gasteiger partial charge is 0.477 e. The molecule has 1 aromatic carbocycles. The third kappa shape index (κ3) is 4.45. The summed E-state index contributed by atoms with van der Waals surface area (Å²) in [6, 6.07) is 5.20. The molecule has 3 saturated carbocycles. The summed E-state index contributed by atoms with van der Waals surface area (Å²) in [6.45, 7) is 0.119. The van der Waals surface area contributed by atoms with Crippen molar-refractivity contribution < 1.29 is 37.0 Å². The number of rotatable bonds is 7. The van der Waals surface area contributed by atoms with Gasteiger partial charge in [-0.2, -0.15) is 0 Å². The summed E-state index contributed by atoms with van der Waals surface area (Å²) in [5.74, 6) is -0.0336. The van der Waals surface area contributed by atoms with E-state index in [2.05, 4.69) is 15.4 Å². The van der Waals surface area contributed by atoms with E-state index in [9.17, 15) is 22.8 Å². The topological polar surface area (TPSA) is 89.1 Å². The van der Waals surface area contributed by atoms with Gasteiger partial charge in [-0.25, -0.2) is 0 Å². The van der Waals surface area contributed by atoms with E-state index in [1.807, 2.05) is 11.9 Å². The maximum Gasteiger partial charge on any atom is 0.522 e. The number of benzene rings is 1. The Kier molecular flexibility index (Phi) is 5.22. The van der Waals surface area contributed by atoms with E-state index in [0.29, 0.717) is 30.2 Å². The Balaban J connectivity index is 1.05. The quantitative estimate of drug-likeness (QED) is 0.610. The number of nitrogens with zero attached hydrogens (tertiary/aromatic N) is 1. The largest absolute Gasteiger partial charge is 0.522 e. The highest BCUT2D eigenvalue weighted by Gasteiger charge is 2.85. The lowest BCUT2D eigenvalue weighted by atomic mass is 9.92. The third-order valence-corrected chi connectivity index (χ3v) is 6.98. The average molecular weight is 490 g/mol. The van der Waals surface area contributed by atoms with Gasteiger partial charge in [0.25, 0.3) is 5.91 Å². The van der Waals surface area contributed by atoms with Crippen molar-refractivity contribution in [3.05, 3.63) is 23.2 Å². The Morgan fingerprint density at radius 3 is 2.61 bits per heavy atom. The number of carbonyl (C=O) groups is 2. The molecule has 0 spiro atoms. The summed E-state index contributed by atoms with van der Waals surface area (Å²) in [4.78, 5) is 26.9. The van der Waals surface area contributed by atoms with E-state index in [1.54, 1.807) is 18.2 Å². The minimum Gasteiger partial charge on any atom is -0.477 e. The third-order valence-electron chi connectivity index (χ3n) is 6.75. The van der Waals surface area contributed by atoms with Gasteiger partial charge in [-0.15, -0.1) is 13.2 Å². The summed E-state index contributed by atoms with van der Waals surface area (Å²) in [7, 11) is 1.86. The molecule has 3 fully saturated rings. The number of halogens is 4. The second kappa shape index (κ2) is 7.64. The molecular formula is C21H23ClF3N3O5. The number of ether oxygens (including phenoxy) is 3. The van der Waals surface area contributed by atoms with Crippen molar-refractivity contribution in [1.29, 1.82) is 0 Å². The van der Waals surface area contributed by atoms with E-state index in [0.717, 1.165) is 5.69 Å². The van der Waals surface area contributed by atoms with Crippen LogP contribution in [0.15, 0.2) is 18.2 Å². The summed E-state index contributed by atoms with van der Waals surface area (Å²) in [5, 5.41) is 6.47. The zero-order valence-electron chi connectivity index (χ0n) is 17.7. The molecule has 0 saturated heterocycles. The number of amides is 2. The average Bonchev–Trinajstić information content (AvgIpc) is 3.48. The fourth-order valence-corrected chi connectivity index (χ4v) is 4.79. The summed E-state index contributed by atoms with van der Waals surface area (Å²) < 4.78 is 51.5. The summed E-state index contributed by atoms with van der Waals surface area (Å²) in [5.41, 5.74) is -0.132. The van der Waals surface area contributed by atoms with Crippen LogP contribution in [0.1, 0.15) is 25.7 Å². The molecule has 2 amide bonds. The van der Waals surface area contributed by atoms with Gasteiger partial charge in [0.05, 0.1) is 35.5 Å². The first-order valence-corrected chi connectivity index (χ1v) is 11.0. The monoisotopic (exact) mass is 489 g/mol. The van der Waals surface area contributed by atoms with Crippen molar-refractivity contribution in [3.8, 4) is 5.75 Å². The Morgan fingerprint density at radius 2 is 1.91 bits per heavy atom. The molecule has 0 bridgehead atoms. The highest BCUT2D eigenvalue weighted by molar-refractivity contribution is 6.31. The van der Waals surface area contributed by atoms with Crippen LogP contribution in [-0.4, -0.2) is 67.8 Å². The maximum atomic E-state index is 12.8. The minimum atomic E-state index is -4.66. The molecule has 0 aromatic heterocycles. The van der Waals surface area contributed by atoms with Gasteiger partial charge in [-0.3, -0.25) is 14.3 Å². The first kappa shape index (κ1) is 22.5. The number of hydrogen-bond acceptors (Lipinski definition) is 6. The van der Waals surface area contributed by atoms with Gasteiger partial charge in [0.15, 0.2) is 6.10 Å². The predicted octanol–water partition coefficient (Wildman–Crippen LogP) is 2.14. The zero-order chi connectivity index (χ0) is 23.6. The van der Waals surface area contributed by atoms with Crippen LogP contribution in [0.2, 0.25) is 5.02 Å². The molecule has 5 rings (SSSR count). The van der Waals surface area contributed by atoms with E-state index >= 15 is 0 Å². The SMILES string of the molecule is CN1CC(C(=O)NC23CC2(NC(=O)COC2CC(OC(F)(F)F)C2)C3)Oc2ccc(Cl)cc21. The van der Waals surface area contributed by atoms with Crippen molar-refractivity contribution in [1.82, 2.24) is 10.6 Å². The second-order valence-electron chi connectivity index (χ2n) is 9.24. The fourth-order valence-electron chi connectivity index (χ4n) is 4.62. The molecule has 1 heterocycles. The van der Waals surface area contributed by atoms with Crippen molar-refractivity contribution in [2.45, 2.75) is 61.4 Å². The Bertz CT molecular complexity index is 978. The maximum absolute atomic E-state index is 12.8. The molecule has 8 nitrogen and oxygen atoms in total. The predicted molar refractivity (Wildman–Crippen MR) is 110 cm³/mol. The number of fused-ring (bicyclic) bond motifs is 2. The molecule has 0 radical (unpaired) electrons. The Morgan fingerprint density at radius 1 is 1.21 bits per heavy atom. The van der Waals surface area contributed by atoms with Crippen LogP contribution >= 0.6 is 11.6 Å². The highest BCUT2D eigenvalue weighted by Crippen LogP contribution is 2.70. The van der Waals surface area contributed by atoms with Crippen LogP contribution in [0.4, 0.5) is 18.9 Å². The first-order valence-electron chi connectivity index (χ1n) is 10.6. The van der Waals surface area contributed by atoms with Gasteiger partial charge in [0.2, 0.25) is 5.91 Å². The van der Waals surface area contributed by atoms with Crippen LogP contribution in [0.25, 0.3) is 0 Å². The number of anilines is 1. The molecular weight excluding hydrogens is 467 g/mol. The lowest BCUT2D eigenvalue weighted by molar-refractivity contribution is -0.357. The summed E-state index contributed by atoms with van der Waals surface area (Å²) in [6.07, 6.45) is -5.26. The van der Waals surface area contributed by atoms with Gasteiger partial charge in [-0.1, -0.05) is 11.6 Å². The lowest BCUT2D eigenvalue weighted by Crippen LogP contribution is -2.50. The fraction of sp³-hybridized carbons (Fsp3) is 0.619. The van der Waals surface area contributed by atoms with Gasteiger partial charge in [0.1, 0.15) is 12.4 Å². The van der Waals surface area contributed by atoms with E-state index < -0.39 is 35.8 Å². The normalized spacial score (nSPS) is 33.7. The number of hydrogen-bond donors (Lipinski definition) is 2. The Hall–Kier alpha value is -2.24. The van der Waals surface area contributed by atoms with Gasteiger partial charge in [0, 0.05) is 24.9 Å². The first-order chi connectivity index (χ1) is 15.5. The molecule has 1 aliphatic heterocycles. The molecule has 2 N–H and O–H groups in total. The van der Waals surface area contributed by atoms with Crippen molar-refractivity contribution in [3.63, 3.8) is 0 Å². The van der Waals surface area contributed by atoms with Crippen molar-refractivity contribution in [2.24, 2.45) is 0 Å². The minimum absolute atomic E-state index is 0.100. The molecule has 1 atom stereocenters. The number of carbonyl (C=O) groups excluding carboxylic acids is 2. The van der Waals surface area contributed by atoms with Crippen LogP contribution in [0.5, 0.6) is 5.75 Å². The van der Waals surface area contributed by atoms with Crippen molar-refractivity contribution in [2.75, 3.05) is 25.1 Å². The van der Waals surface area contributed by atoms with Crippen LogP contribution in [-0.2, 0) is 19.1 Å². The van der Waals surface area contributed by atoms with E-state index in [-0.39, 0.29) is 31.3 Å². The molecule has 12 heteroatoms. The van der Waals surface area contributed by atoms with E-state index in [1.165, 1.54) is 0 Å². The van der Waals surface area contributed by atoms with Crippen molar-refractivity contribution >= 4 is 29.1 Å². The molecule has 180 valence electrons. The Labute approximate surface area is 192 Å². The molecule has 1 aromatic rings. The number of nitrogens with one attached hydrogen (secondary N) is 2. The second-order valence-corrected chi connectivity index (χ2v) is 9.68. The molecule has 3 aliphatic carbocycles. The number of likely N-dealkylation sites (N-methyl/N-ethyl adjacent to an activating group) is 1. The van der Waals surface area contributed by atoms with E-state index in [4.69, 9.17) is 21.1 Å². The lowest BCUT2D eigenvalue weighted by Gasteiger charge is -2.34. The highest BCUT2D eigenvalue weighted by atomic mass is 35.5. The zero-order valence-corrected chi connectivity index (χ0v) is 18.5. The standard InChI is InChI=1S/C21H23ClF3N3O5/c1-28-7-16(32-15-3-2-11(22)4-14(15)28)18(30)27-20-9-19(20,10-20)26-17(29)8-31-12-5-13(6-12)33-21(23,24)25/h2-4,12-13,16H,5-10H2,1H3,(H,26,29)(H,27,30). The summed E-state index contributed by atoms with van der Waals surface area (Å²) >= 11 is 6.03. The van der Waals surface area contributed by atoms with Crippen LogP contribution < -0.4 is 20.3 Å². The van der Waals surface area contributed by atoms with Crippen LogP contribution in [0, 0.1) is 0 Å². The molecule has 33 heavy (non-hydrogen) atoms. The van der Waals surface area contributed by atoms with Gasteiger partial charge >= 0.3 is 6.36 Å². The van der Waals surface area contributed by atoms with Gasteiger partial charge in [-0.05, 0) is 31.0 Å². The number of alkyl halides is 3. The van der Waals surface area contributed by atoms with Gasteiger partial charge < -0.3 is 25.0 Å². The van der Waals surface area contributed by atoms with Crippen LogP contribution in [0.3, 0.4) is 0 Å².